The summed E-state index contributed by atoms with van der Waals surface area (Å²) in [7, 11) is 0. The van der Waals surface area contributed by atoms with Gasteiger partial charge in [0.1, 0.15) is 6.10 Å². The first-order chi connectivity index (χ1) is 17.2. The van der Waals surface area contributed by atoms with E-state index >= 15 is 0 Å². The second-order valence-electron chi connectivity index (χ2n) is 9.09. The molecular weight excluding hydrogens is 458 g/mol. The van der Waals surface area contributed by atoms with E-state index in [-0.39, 0.29) is 32.0 Å². The fourth-order valence-corrected chi connectivity index (χ4v) is 2.89. The summed E-state index contributed by atoms with van der Waals surface area (Å²) in [5.74, 6) is -2.10. The van der Waals surface area contributed by atoms with Crippen molar-refractivity contribution in [3.63, 3.8) is 0 Å². The number of hydrogen-bond acceptors (Lipinski definition) is 5. The number of aliphatic carboxylic acids is 1. The predicted octanol–water partition coefficient (Wildman–Crippen LogP) is 5.43. The summed E-state index contributed by atoms with van der Waals surface area (Å²) in [6, 6.07) is 0. The lowest BCUT2D eigenvalue weighted by atomic mass is 9.87. The van der Waals surface area contributed by atoms with Crippen molar-refractivity contribution in [2.75, 3.05) is 13.2 Å². The van der Waals surface area contributed by atoms with Gasteiger partial charge in [0.05, 0.1) is 13.0 Å². The molecular formula is C29H45NO6. The summed E-state index contributed by atoms with van der Waals surface area (Å²) >= 11 is 0. The molecule has 0 aromatic heterocycles. The van der Waals surface area contributed by atoms with Crippen LogP contribution in [0.5, 0.6) is 0 Å². The van der Waals surface area contributed by atoms with E-state index in [1.165, 1.54) is 0 Å². The molecule has 1 atom stereocenters. The molecule has 0 heterocycles. The van der Waals surface area contributed by atoms with E-state index in [1.54, 1.807) is 13.8 Å². The van der Waals surface area contributed by atoms with Crippen LogP contribution in [0, 0.1) is 5.41 Å². The van der Waals surface area contributed by atoms with Crippen LogP contribution in [-0.2, 0) is 19.1 Å². The van der Waals surface area contributed by atoms with Crippen LogP contribution < -0.4 is 5.32 Å². The first kappa shape index (κ1) is 33.1. The van der Waals surface area contributed by atoms with Gasteiger partial charge in [0.2, 0.25) is 5.91 Å². The number of amides is 1. The molecule has 0 aliphatic rings. The number of aliphatic hydroxyl groups is 1. The molecule has 36 heavy (non-hydrogen) atoms. The number of allylic oxidation sites excluding steroid dienone is 10. The Hall–Kier alpha value is -2.93. The van der Waals surface area contributed by atoms with Gasteiger partial charge in [-0.25, -0.2) is 0 Å². The quantitative estimate of drug-likeness (QED) is 0.116. The van der Waals surface area contributed by atoms with Crippen LogP contribution in [0.3, 0.4) is 0 Å². The van der Waals surface area contributed by atoms with Crippen molar-refractivity contribution in [3.05, 3.63) is 60.8 Å². The van der Waals surface area contributed by atoms with Crippen molar-refractivity contribution in [2.45, 2.75) is 84.7 Å². The molecule has 0 spiro atoms. The molecule has 1 amide bonds. The maximum Gasteiger partial charge on any atom is 0.305 e. The van der Waals surface area contributed by atoms with Crippen LogP contribution in [0.25, 0.3) is 0 Å². The van der Waals surface area contributed by atoms with Gasteiger partial charge in [-0.3, -0.25) is 14.4 Å². The number of carboxylic acids is 1. The first-order valence-corrected chi connectivity index (χ1v) is 12.8. The minimum Gasteiger partial charge on any atom is -0.481 e. The molecule has 0 bridgehead atoms. The molecule has 0 aromatic rings. The SMILES string of the molecule is CC/C=C\C/C=C\C/C=C\C/C=C\C/C=C\CCCC(=O)OCC(C)(C)C(O)C(=O)NCCC(=O)O. The summed E-state index contributed by atoms with van der Waals surface area (Å²) in [6.45, 7) is 5.17. The zero-order valence-corrected chi connectivity index (χ0v) is 22.2. The van der Waals surface area contributed by atoms with Gasteiger partial charge < -0.3 is 20.3 Å². The van der Waals surface area contributed by atoms with Crippen LogP contribution in [0.2, 0.25) is 0 Å². The molecule has 0 rings (SSSR count). The Labute approximate surface area is 216 Å². The highest BCUT2D eigenvalue weighted by atomic mass is 16.5. The Morgan fingerprint density at radius 3 is 1.83 bits per heavy atom. The zero-order valence-electron chi connectivity index (χ0n) is 22.2. The van der Waals surface area contributed by atoms with Gasteiger partial charge in [-0.05, 0) is 44.9 Å². The predicted molar refractivity (Wildman–Crippen MR) is 144 cm³/mol. The topological polar surface area (TPSA) is 113 Å². The number of hydrogen-bond donors (Lipinski definition) is 3. The number of carbonyl (C=O) groups is 3. The molecule has 1 unspecified atom stereocenters. The van der Waals surface area contributed by atoms with Gasteiger partial charge in [-0.1, -0.05) is 81.5 Å². The maximum atomic E-state index is 12.0. The summed E-state index contributed by atoms with van der Waals surface area (Å²) < 4.78 is 5.23. The highest BCUT2D eigenvalue weighted by Gasteiger charge is 2.34. The molecule has 0 aliphatic carbocycles. The number of esters is 1. The molecule has 7 heteroatoms. The van der Waals surface area contributed by atoms with Crippen molar-refractivity contribution in [1.29, 1.82) is 0 Å². The van der Waals surface area contributed by atoms with Crippen molar-refractivity contribution < 1.29 is 29.3 Å². The Morgan fingerprint density at radius 1 is 0.833 bits per heavy atom. The fourth-order valence-electron chi connectivity index (χ4n) is 2.89. The number of nitrogens with one attached hydrogen (secondary N) is 1. The lowest BCUT2D eigenvalue weighted by Crippen LogP contribution is -2.46. The Balaban J connectivity index is 3.92. The molecule has 0 radical (unpaired) electrons. The number of aliphatic hydroxyl groups excluding tert-OH is 1. The van der Waals surface area contributed by atoms with E-state index in [0.717, 1.165) is 38.5 Å². The minimum absolute atomic E-state index is 0.0725. The van der Waals surface area contributed by atoms with E-state index in [9.17, 15) is 19.5 Å². The van der Waals surface area contributed by atoms with Crippen LogP contribution in [-0.4, -0.2) is 47.3 Å². The summed E-state index contributed by atoms with van der Waals surface area (Å²) in [5.41, 5.74) is -0.993. The van der Waals surface area contributed by atoms with E-state index in [1.807, 2.05) is 6.08 Å². The second kappa shape index (κ2) is 21.4. The minimum atomic E-state index is -1.42. The molecule has 0 saturated heterocycles. The molecule has 0 fully saturated rings. The van der Waals surface area contributed by atoms with Crippen molar-refractivity contribution >= 4 is 17.8 Å². The van der Waals surface area contributed by atoms with Gasteiger partial charge in [-0.15, -0.1) is 0 Å². The van der Waals surface area contributed by atoms with Crippen molar-refractivity contribution in [3.8, 4) is 0 Å². The van der Waals surface area contributed by atoms with Crippen LogP contribution in [0.4, 0.5) is 0 Å². The fraction of sp³-hybridized carbons (Fsp3) is 0.552. The van der Waals surface area contributed by atoms with Crippen molar-refractivity contribution in [2.24, 2.45) is 5.41 Å². The van der Waals surface area contributed by atoms with E-state index in [4.69, 9.17) is 9.84 Å². The third-order valence-corrected chi connectivity index (χ3v) is 5.14. The summed E-state index contributed by atoms with van der Waals surface area (Å²) in [4.78, 5) is 34.4. The largest absolute Gasteiger partial charge is 0.481 e. The smallest absolute Gasteiger partial charge is 0.305 e. The zero-order chi connectivity index (χ0) is 27.1. The Morgan fingerprint density at radius 2 is 1.33 bits per heavy atom. The average Bonchev–Trinajstić information content (AvgIpc) is 2.83. The normalized spacial score (nSPS) is 13.4. The van der Waals surface area contributed by atoms with Gasteiger partial charge in [0.15, 0.2) is 0 Å². The Bertz CT molecular complexity index is 777. The third kappa shape index (κ3) is 19.4. The lowest BCUT2D eigenvalue weighted by Gasteiger charge is -2.28. The number of unbranched alkanes of at least 4 members (excludes halogenated alkanes) is 1. The Kier molecular flexibility index (Phi) is 19.6. The first-order valence-electron chi connectivity index (χ1n) is 12.8. The monoisotopic (exact) mass is 503 g/mol. The van der Waals surface area contributed by atoms with Crippen LogP contribution in [0.15, 0.2) is 60.8 Å². The van der Waals surface area contributed by atoms with E-state index in [2.05, 4.69) is 66.9 Å². The summed E-state index contributed by atoms with van der Waals surface area (Å²) in [5, 5.41) is 21.1. The standard InChI is InChI=1S/C29H45NO6/c1-4-5-6-7-8-9-10-11-12-13-14-15-16-17-18-19-20-21-26(33)36-24-29(2,3)27(34)28(35)30-23-22-25(31)32/h5-6,8-9,11-12,14-15,17-18,27,34H,4,7,10,13,16,19-24H2,1-3H3,(H,30,35)(H,31,32)/b6-5-,9-8-,12-11-,15-14-,18-17-. The molecule has 7 nitrogen and oxygen atoms in total. The highest BCUT2D eigenvalue weighted by Crippen LogP contribution is 2.22. The van der Waals surface area contributed by atoms with Gasteiger partial charge in [-0.2, -0.15) is 0 Å². The number of carbonyl (C=O) groups excluding carboxylic acids is 2. The number of ether oxygens (including phenoxy) is 1. The number of carboxylic acid groups (broad SMARTS) is 1. The van der Waals surface area contributed by atoms with Gasteiger partial charge in [0, 0.05) is 18.4 Å². The average molecular weight is 504 g/mol. The van der Waals surface area contributed by atoms with Gasteiger partial charge in [0.25, 0.3) is 0 Å². The third-order valence-electron chi connectivity index (χ3n) is 5.14. The van der Waals surface area contributed by atoms with Crippen LogP contribution in [0.1, 0.15) is 78.6 Å². The summed E-state index contributed by atoms with van der Waals surface area (Å²) in [6.07, 6.45) is 26.2. The molecule has 202 valence electrons. The molecule has 0 saturated carbocycles. The molecule has 0 aromatic carbocycles. The van der Waals surface area contributed by atoms with E-state index in [0.29, 0.717) is 6.42 Å². The van der Waals surface area contributed by atoms with Crippen molar-refractivity contribution in [1.82, 2.24) is 5.32 Å². The molecule has 0 aliphatic heterocycles. The van der Waals surface area contributed by atoms with Gasteiger partial charge >= 0.3 is 11.9 Å². The van der Waals surface area contributed by atoms with Crippen LogP contribution >= 0.6 is 0 Å². The highest BCUT2D eigenvalue weighted by molar-refractivity contribution is 5.81. The lowest BCUT2D eigenvalue weighted by molar-refractivity contribution is -0.153. The number of rotatable bonds is 20. The molecule has 3 N–H and O–H groups in total. The van der Waals surface area contributed by atoms with E-state index < -0.39 is 23.4 Å². The maximum absolute atomic E-state index is 12.0. The second-order valence-corrected chi connectivity index (χ2v) is 9.09.